The van der Waals surface area contributed by atoms with Crippen LogP contribution in [-0.4, -0.2) is 20.9 Å². The number of hydrogen-bond acceptors (Lipinski definition) is 4. The second-order valence-electron chi connectivity index (χ2n) is 4.93. The molecule has 2 heterocycles. The smallest absolute Gasteiger partial charge is 0.170 e. The fourth-order valence-electron chi connectivity index (χ4n) is 2.03. The summed E-state index contributed by atoms with van der Waals surface area (Å²) in [6.45, 7) is 5.15. The van der Waals surface area contributed by atoms with E-state index >= 15 is 0 Å². The second kappa shape index (κ2) is 6.18. The number of rotatable bonds is 5. The lowest BCUT2D eigenvalue weighted by molar-refractivity contribution is 0.945. The summed E-state index contributed by atoms with van der Waals surface area (Å²) in [6, 6.07) is 8.47. The van der Waals surface area contributed by atoms with Gasteiger partial charge in [-0.3, -0.25) is 0 Å². The van der Waals surface area contributed by atoms with Crippen LogP contribution in [0.2, 0.25) is 0 Å². The molecule has 0 bridgehead atoms. The Hall–Kier alpha value is -2.01. The highest BCUT2D eigenvalue weighted by Gasteiger charge is 2.09. The maximum Gasteiger partial charge on any atom is 0.170 e. The molecule has 2 aromatic heterocycles. The molecule has 0 aliphatic carbocycles. The molecule has 1 aromatic carbocycles. The molecule has 0 spiro atoms. The molecule has 0 fully saturated rings. The van der Waals surface area contributed by atoms with Gasteiger partial charge in [-0.25, -0.2) is 9.97 Å². The van der Waals surface area contributed by atoms with Crippen LogP contribution in [0.5, 0.6) is 0 Å². The number of imidazole rings is 1. The van der Waals surface area contributed by atoms with E-state index in [1.165, 1.54) is 10.5 Å². The highest BCUT2D eigenvalue weighted by Crippen LogP contribution is 2.30. The number of aromatic nitrogens is 3. The third kappa shape index (κ3) is 3.19. The summed E-state index contributed by atoms with van der Waals surface area (Å²) in [5.74, 6) is 0.886. The maximum absolute atomic E-state index is 4.70. The van der Waals surface area contributed by atoms with Gasteiger partial charge in [0.1, 0.15) is 10.8 Å². The minimum atomic E-state index is 0.886. The van der Waals surface area contributed by atoms with Crippen molar-refractivity contribution in [3.8, 4) is 0 Å². The third-order valence-electron chi connectivity index (χ3n) is 3.13. The SMILES string of the molecule is CCCNc1cn2ccnc2c(Sc2ccc(C)cc2)n1. The fourth-order valence-corrected chi connectivity index (χ4v) is 2.92. The van der Waals surface area contributed by atoms with Crippen LogP contribution in [0.1, 0.15) is 18.9 Å². The van der Waals surface area contributed by atoms with Crippen LogP contribution < -0.4 is 5.32 Å². The van der Waals surface area contributed by atoms with Crippen LogP contribution in [0.15, 0.2) is 52.8 Å². The fraction of sp³-hybridized carbons (Fsp3) is 0.250. The number of nitrogens with zero attached hydrogens (tertiary/aromatic N) is 3. The predicted molar refractivity (Wildman–Crippen MR) is 87.1 cm³/mol. The molecular weight excluding hydrogens is 280 g/mol. The van der Waals surface area contributed by atoms with Crippen LogP contribution in [-0.2, 0) is 0 Å². The molecule has 4 nitrogen and oxygen atoms in total. The number of nitrogens with one attached hydrogen (secondary N) is 1. The zero-order chi connectivity index (χ0) is 14.7. The molecule has 3 aromatic rings. The van der Waals surface area contributed by atoms with Gasteiger partial charge < -0.3 is 9.72 Å². The highest BCUT2D eigenvalue weighted by atomic mass is 32.2. The molecule has 0 atom stereocenters. The van der Waals surface area contributed by atoms with E-state index in [-0.39, 0.29) is 0 Å². The lowest BCUT2D eigenvalue weighted by atomic mass is 10.2. The van der Waals surface area contributed by atoms with Crippen LogP contribution in [0, 0.1) is 6.92 Å². The molecule has 3 rings (SSSR count). The number of anilines is 1. The summed E-state index contributed by atoms with van der Waals surface area (Å²) < 4.78 is 2.02. The minimum Gasteiger partial charge on any atom is -0.369 e. The van der Waals surface area contributed by atoms with Crippen molar-refractivity contribution >= 4 is 23.2 Å². The lowest BCUT2D eigenvalue weighted by Crippen LogP contribution is -2.04. The van der Waals surface area contributed by atoms with Gasteiger partial charge in [0, 0.05) is 23.8 Å². The van der Waals surface area contributed by atoms with Crippen molar-refractivity contribution in [3.05, 3.63) is 48.4 Å². The Balaban J connectivity index is 1.95. The van der Waals surface area contributed by atoms with Crippen molar-refractivity contribution in [2.24, 2.45) is 0 Å². The summed E-state index contributed by atoms with van der Waals surface area (Å²) in [6.07, 6.45) is 6.81. The molecule has 0 aliphatic rings. The summed E-state index contributed by atoms with van der Waals surface area (Å²) in [7, 11) is 0. The molecule has 0 saturated carbocycles. The Morgan fingerprint density at radius 1 is 1.24 bits per heavy atom. The van der Waals surface area contributed by atoms with Gasteiger partial charge in [-0.15, -0.1) is 0 Å². The number of hydrogen-bond donors (Lipinski definition) is 1. The first kappa shape index (κ1) is 13.9. The third-order valence-corrected chi connectivity index (χ3v) is 4.11. The van der Waals surface area contributed by atoms with Gasteiger partial charge in [0.15, 0.2) is 5.65 Å². The summed E-state index contributed by atoms with van der Waals surface area (Å²) in [4.78, 5) is 10.3. The van der Waals surface area contributed by atoms with Gasteiger partial charge in [-0.05, 0) is 25.5 Å². The Bertz CT molecular complexity index is 734. The van der Waals surface area contributed by atoms with E-state index in [4.69, 9.17) is 4.98 Å². The molecular formula is C16H18N4S. The minimum absolute atomic E-state index is 0.886. The Morgan fingerprint density at radius 2 is 2.05 bits per heavy atom. The maximum atomic E-state index is 4.70. The summed E-state index contributed by atoms with van der Waals surface area (Å²) in [5.41, 5.74) is 2.15. The number of fused-ring (bicyclic) bond motifs is 1. The normalized spacial score (nSPS) is 11.0. The van der Waals surface area contributed by atoms with Gasteiger partial charge in [0.05, 0.1) is 6.20 Å². The standard InChI is InChI=1S/C16H18N4S/c1-3-8-17-14-11-20-10-9-18-15(20)16(19-14)21-13-6-4-12(2)5-7-13/h4-7,9-11,17H,3,8H2,1-2H3. The van der Waals surface area contributed by atoms with E-state index in [0.717, 1.165) is 29.5 Å². The quantitative estimate of drug-likeness (QED) is 0.773. The van der Waals surface area contributed by atoms with Crippen molar-refractivity contribution in [1.29, 1.82) is 0 Å². The Kier molecular flexibility index (Phi) is 4.10. The van der Waals surface area contributed by atoms with E-state index in [0.29, 0.717) is 0 Å². The molecule has 0 amide bonds. The molecule has 108 valence electrons. The van der Waals surface area contributed by atoms with Crippen molar-refractivity contribution in [2.75, 3.05) is 11.9 Å². The average molecular weight is 298 g/mol. The monoisotopic (exact) mass is 298 g/mol. The van der Waals surface area contributed by atoms with Gasteiger partial charge >= 0.3 is 0 Å². The topological polar surface area (TPSA) is 42.2 Å². The largest absolute Gasteiger partial charge is 0.369 e. The first-order valence-corrected chi connectivity index (χ1v) is 7.90. The van der Waals surface area contributed by atoms with E-state index in [1.807, 2.05) is 16.8 Å². The Morgan fingerprint density at radius 3 is 2.81 bits per heavy atom. The van der Waals surface area contributed by atoms with E-state index in [1.54, 1.807) is 18.0 Å². The van der Waals surface area contributed by atoms with Gasteiger partial charge in [0.25, 0.3) is 0 Å². The van der Waals surface area contributed by atoms with Crippen molar-refractivity contribution in [1.82, 2.24) is 14.4 Å². The molecule has 0 aliphatic heterocycles. The number of benzene rings is 1. The van der Waals surface area contributed by atoms with Crippen molar-refractivity contribution in [2.45, 2.75) is 30.2 Å². The summed E-state index contributed by atoms with van der Waals surface area (Å²) >= 11 is 1.64. The number of aryl methyl sites for hydroxylation is 1. The zero-order valence-corrected chi connectivity index (χ0v) is 13.0. The first-order chi connectivity index (χ1) is 10.3. The average Bonchev–Trinajstić information content (AvgIpc) is 2.96. The summed E-state index contributed by atoms with van der Waals surface area (Å²) in [5, 5.41) is 4.26. The van der Waals surface area contributed by atoms with Gasteiger partial charge in [-0.2, -0.15) is 0 Å². The molecule has 0 radical (unpaired) electrons. The first-order valence-electron chi connectivity index (χ1n) is 7.08. The molecule has 0 unspecified atom stereocenters. The Labute approximate surface area is 128 Å². The second-order valence-corrected chi connectivity index (χ2v) is 5.99. The van der Waals surface area contributed by atoms with Crippen LogP contribution >= 0.6 is 11.8 Å². The van der Waals surface area contributed by atoms with Crippen LogP contribution in [0.3, 0.4) is 0 Å². The van der Waals surface area contributed by atoms with Crippen molar-refractivity contribution in [3.63, 3.8) is 0 Å². The van der Waals surface area contributed by atoms with Gasteiger partial charge in [0.2, 0.25) is 0 Å². The molecule has 1 N–H and O–H groups in total. The van der Waals surface area contributed by atoms with Crippen molar-refractivity contribution < 1.29 is 0 Å². The molecule has 0 saturated heterocycles. The van der Waals surface area contributed by atoms with Gasteiger partial charge in [-0.1, -0.05) is 36.4 Å². The zero-order valence-electron chi connectivity index (χ0n) is 12.2. The molecule has 21 heavy (non-hydrogen) atoms. The van der Waals surface area contributed by atoms with E-state index in [2.05, 4.69) is 48.4 Å². The predicted octanol–water partition coefficient (Wildman–Crippen LogP) is 4.01. The van der Waals surface area contributed by atoms with E-state index in [9.17, 15) is 0 Å². The van der Waals surface area contributed by atoms with E-state index < -0.39 is 0 Å². The lowest BCUT2D eigenvalue weighted by Gasteiger charge is -2.08. The molecule has 5 heteroatoms. The van der Waals surface area contributed by atoms with Crippen LogP contribution in [0.4, 0.5) is 5.82 Å². The highest BCUT2D eigenvalue weighted by molar-refractivity contribution is 7.99. The van der Waals surface area contributed by atoms with Crippen LogP contribution in [0.25, 0.3) is 5.65 Å².